The Morgan fingerprint density at radius 1 is 1.05 bits per heavy atom. The number of halogens is 2. The van der Waals surface area contributed by atoms with E-state index in [1.165, 1.54) is 24.3 Å². The van der Waals surface area contributed by atoms with Gasteiger partial charge in [0.25, 0.3) is 0 Å². The summed E-state index contributed by atoms with van der Waals surface area (Å²) in [6.45, 7) is -2.90. The van der Waals surface area contributed by atoms with Crippen molar-refractivity contribution in [2.45, 2.75) is 6.61 Å². The lowest BCUT2D eigenvalue weighted by atomic mass is 10.1. The molecule has 0 N–H and O–H groups in total. The predicted molar refractivity (Wildman–Crippen MR) is 72.9 cm³/mol. The van der Waals surface area contributed by atoms with Gasteiger partial charge in [-0.05, 0) is 23.8 Å². The summed E-state index contributed by atoms with van der Waals surface area (Å²) in [5.41, 5.74) is 1.19. The minimum Gasteiger partial charge on any atom is -0.435 e. The Kier molecular flexibility index (Phi) is 4.60. The number of alkyl halides is 2. The molecular weight excluding hydrogens is 262 g/mol. The number of rotatable bonds is 5. The van der Waals surface area contributed by atoms with Crippen molar-refractivity contribution in [2.75, 3.05) is 0 Å². The number of carbonyl (C=O) groups excluding carboxylic acids is 1. The molecule has 20 heavy (non-hydrogen) atoms. The maximum Gasteiger partial charge on any atom is 0.387 e. The second-order valence-electron chi connectivity index (χ2n) is 4.01. The molecule has 0 spiro atoms. The summed E-state index contributed by atoms with van der Waals surface area (Å²) >= 11 is 0. The molecule has 0 unspecified atom stereocenters. The van der Waals surface area contributed by atoms with E-state index in [2.05, 4.69) is 4.74 Å². The Bertz CT molecular complexity index is 607. The van der Waals surface area contributed by atoms with Crippen LogP contribution in [0, 0.1) is 0 Å². The number of carbonyl (C=O) groups is 1. The lowest BCUT2D eigenvalue weighted by Crippen LogP contribution is -2.03. The molecule has 0 aliphatic heterocycles. The van der Waals surface area contributed by atoms with Crippen molar-refractivity contribution in [3.05, 3.63) is 71.8 Å². The normalized spacial score (nSPS) is 10.9. The van der Waals surface area contributed by atoms with Gasteiger partial charge in [-0.1, -0.05) is 48.5 Å². The number of allylic oxidation sites excluding steroid dienone is 1. The fourth-order valence-corrected chi connectivity index (χ4v) is 1.66. The van der Waals surface area contributed by atoms with Gasteiger partial charge in [-0.15, -0.1) is 0 Å². The van der Waals surface area contributed by atoms with Crippen molar-refractivity contribution in [3.8, 4) is 5.75 Å². The first-order chi connectivity index (χ1) is 9.65. The molecule has 0 aliphatic carbocycles. The second kappa shape index (κ2) is 6.61. The molecule has 2 rings (SSSR count). The summed E-state index contributed by atoms with van der Waals surface area (Å²) in [5, 5.41) is 0. The van der Waals surface area contributed by atoms with Gasteiger partial charge in [-0.25, -0.2) is 0 Å². The highest BCUT2D eigenvalue weighted by Crippen LogP contribution is 2.17. The Morgan fingerprint density at radius 3 is 2.50 bits per heavy atom. The van der Waals surface area contributed by atoms with Gasteiger partial charge < -0.3 is 4.74 Å². The fourth-order valence-electron chi connectivity index (χ4n) is 1.66. The minimum atomic E-state index is -2.90. The number of ether oxygens (including phenoxy) is 1. The third-order valence-electron chi connectivity index (χ3n) is 2.57. The van der Waals surface area contributed by atoms with E-state index < -0.39 is 6.61 Å². The van der Waals surface area contributed by atoms with Crippen molar-refractivity contribution < 1.29 is 18.3 Å². The van der Waals surface area contributed by atoms with Crippen molar-refractivity contribution in [3.63, 3.8) is 0 Å². The van der Waals surface area contributed by atoms with Crippen LogP contribution in [0.4, 0.5) is 8.78 Å². The number of hydrogen-bond acceptors (Lipinski definition) is 2. The molecule has 0 aromatic heterocycles. The molecule has 4 heteroatoms. The lowest BCUT2D eigenvalue weighted by molar-refractivity contribution is -0.0498. The van der Waals surface area contributed by atoms with Crippen LogP contribution in [0.2, 0.25) is 0 Å². The first-order valence-corrected chi connectivity index (χ1v) is 5.97. The van der Waals surface area contributed by atoms with Crippen LogP contribution in [0.25, 0.3) is 6.08 Å². The molecule has 0 amide bonds. The summed E-state index contributed by atoms with van der Waals surface area (Å²) in [6.07, 6.45) is 3.07. The lowest BCUT2D eigenvalue weighted by Gasteiger charge is -2.04. The maximum atomic E-state index is 12.1. The molecule has 0 aliphatic rings. The van der Waals surface area contributed by atoms with Crippen LogP contribution in [0.5, 0.6) is 5.75 Å². The van der Waals surface area contributed by atoms with Crippen LogP contribution in [0.1, 0.15) is 15.9 Å². The largest absolute Gasteiger partial charge is 0.435 e. The van der Waals surface area contributed by atoms with E-state index in [-0.39, 0.29) is 11.5 Å². The van der Waals surface area contributed by atoms with Gasteiger partial charge in [0, 0.05) is 5.56 Å². The summed E-state index contributed by atoms with van der Waals surface area (Å²) in [7, 11) is 0. The Morgan fingerprint density at radius 2 is 1.80 bits per heavy atom. The van der Waals surface area contributed by atoms with E-state index >= 15 is 0 Å². The summed E-state index contributed by atoms with van der Waals surface area (Å²) in [6, 6.07) is 15.1. The van der Waals surface area contributed by atoms with Gasteiger partial charge in [-0.2, -0.15) is 8.78 Å². The number of benzene rings is 2. The molecule has 0 saturated carbocycles. The molecular formula is C16H12F2O2. The van der Waals surface area contributed by atoms with Crippen molar-refractivity contribution >= 4 is 11.9 Å². The molecule has 0 fully saturated rings. The molecule has 0 saturated heterocycles. The van der Waals surface area contributed by atoms with Crippen LogP contribution < -0.4 is 4.74 Å². The highest BCUT2D eigenvalue weighted by molar-refractivity contribution is 6.07. The van der Waals surface area contributed by atoms with Gasteiger partial charge in [0.1, 0.15) is 5.75 Å². The first-order valence-electron chi connectivity index (χ1n) is 5.97. The fraction of sp³-hybridized carbons (Fsp3) is 0.0625. The van der Waals surface area contributed by atoms with E-state index in [4.69, 9.17) is 0 Å². The van der Waals surface area contributed by atoms with Crippen LogP contribution in [-0.4, -0.2) is 12.4 Å². The zero-order valence-corrected chi connectivity index (χ0v) is 10.5. The summed E-state index contributed by atoms with van der Waals surface area (Å²) < 4.78 is 28.5. The monoisotopic (exact) mass is 274 g/mol. The van der Waals surface area contributed by atoms with Crippen molar-refractivity contribution in [1.82, 2.24) is 0 Å². The average Bonchev–Trinajstić information content (AvgIpc) is 2.45. The third-order valence-corrected chi connectivity index (χ3v) is 2.57. The third kappa shape index (κ3) is 4.02. The van der Waals surface area contributed by atoms with E-state index in [1.807, 2.05) is 30.3 Å². The van der Waals surface area contributed by atoms with Crippen LogP contribution in [0.3, 0.4) is 0 Å². The SMILES string of the molecule is O=C(C=Cc1ccccc1)c1cccc(OC(F)F)c1. The van der Waals surface area contributed by atoms with Gasteiger partial charge in [0.05, 0.1) is 0 Å². The molecule has 0 atom stereocenters. The second-order valence-corrected chi connectivity index (χ2v) is 4.01. The molecule has 2 aromatic carbocycles. The van der Waals surface area contributed by atoms with Crippen LogP contribution in [0.15, 0.2) is 60.7 Å². The van der Waals surface area contributed by atoms with Gasteiger partial charge in [-0.3, -0.25) is 4.79 Å². The van der Waals surface area contributed by atoms with Crippen LogP contribution >= 0.6 is 0 Å². The number of ketones is 1. The van der Waals surface area contributed by atoms with Crippen molar-refractivity contribution in [1.29, 1.82) is 0 Å². The Labute approximate surface area is 115 Å². The molecule has 2 aromatic rings. The van der Waals surface area contributed by atoms with Gasteiger partial charge >= 0.3 is 6.61 Å². The summed E-state index contributed by atoms with van der Waals surface area (Å²) in [4.78, 5) is 11.9. The molecule has 0 heterocycles. The number of hydrogen-bond donors (Lipinski definition) is 0. The standard InChI is InChI=1S/C16H12F2O2/c17-16(18)20-14-8-4-7-13(11-14)15(19)10-9-12-5-2-1-3-6-12/h1-11,16H. The Hall–Kier alpha value is -2.49. The average molecular weight is 274 g/mol. The molecule has 0 radical (unpaired) electrons. The van der Waals surface area contributed by atoms with E-state index in [0.29, 0.717) is 5.56 Å². The minimum absolute atomic E-state index is 0.0287. The zero-order valence-electron chi connectivity index (χ0n) is 10.5. The van der Waals surface area contributed by atoms with Crippen molar-refractivity contribution in [2.24, 2.45) is 0 Å². The van der Waals surface area contributed by atoms with E-state index in [0.717, 1.165) is 5.56 Å². The van der Waals surface area contributed by atoms with E-state index in [9.17, 15) is 13.6 Å². The predicted octanol–water partition coefficient (Wildman–Crippen LogP) is 4.18. The first kappa shape index (κ1) is 13.9. The van der Waals surface area contributed by atoms with Gasteiger partial charge in [0.15, 0.2) is 5.78 Å². The molecule has 2 nitrogen and oxygen atoms in total. The summed E-state index contributed by atoms with van der Waals surface area (Å²) in [5.74, 6) is -0.299. The maximum absolute atomic E-state index is 12.1. The van der Waals surface area contributed by atoms with Crippen LogP contribution in [-0.2, 0) is 0 Å². The van der Waals surface area contributed by atoms with Gasteiger partial charge in [0.2, 0.25) is 0 Å². The molecule has 102 valence electrons. The topological polar surface area (TPSA) is 26.3 Å². The quantitative estimate of drug-likeness (QED) is 0.603. The highest BCUT2D eigenvalue weighted by Gasteiger charge is 2.07. The molecule has 0 bridgehead atoms. The van der Waals surface area contributed by atoms with E-state index in [1.54, 1.807) is 12.1 Å². The highest BCUT2D eigenvalue weighted by atomic mass is 19.3. The Balaban J connectivity index is 2.11. The zero-order chi connectivity index (χ0) is 14.4. The smallest absolute Gasteiger partial charge is 0.387 e.